The monoisotopic (exact) mass is 282 g/mol. The number of aliphatic hydroxyl groups excluding tert-OH is 1. The van der Waals surface area contributed by atoms with Gasteiger partial charge in [-0.05, 0) is 31.6 Å². The van der Waals surface area contributed by atoms with Crippen LogP contribution in [0.1, 0.15) is 32.6 Å². The van der Waals surface area contributed by atoms with Gasteiger partial charge in [0.05, 0.1) is 12.0 Å². The van der Waals surface area contributed by atoms with Crippen molar-refractivity contribution in [1.82, 2.24) is 9.80 Å². The first kappa shape index (κ1) is 13.7. The molecule has 3 rings (SSSR count). The molecule has 0 spiro atoms. The Balaban J connectivity index is 1.70. The van der Waals surface area contributed by atoms with E-state index in [2.05, 4.69) is 0 Å². The molecule has 6 nitrogen and oxygen atoms in total. The second kappa shape index (κ2) is 4.91. The fourth-order valence-electron chi connectivity index (χ4n) is 4.07. The molecule has 3 aliphatic rings. The van der Waals surface area contributed by atoms with Gasteiger partial charge in [-0.15, -0.1) is 0 Å². The van der Waals surface area contributed by atoms with Crippen molar-refractivity contribution < 1.29 is 19.8 Å². The summed E-state index contributed by atoms with van der Waals surface area (Å²) in [4.78, 5) is 27.4. The summed E-state index contributed by atoms with van der Waals surface area (Å²) >= 11 is 0. The van der Waals surface area contributed by atoms with Crippen LogP contribution < -0.4 is 0 Å². The highest BCUT2D eigenvalue weighted by Gasteiger charge is 2.46. The summed E-state index contributed by atoms with van der Waals surface area (Å²) in [7, 11) is 0. The quantitative estimate of drug-likeness (QED) is 0.743. The average Bonchev–Trinajstić information content (AvgIpc) is 2.88. The van der Waals surface area contributed by atoms with Crippen LogP contribution in [0, 0.1) is 11.8 Å². The minimum absolute atomic E-state index is 0.00415. The molecule has 3 aliphatic heterocycles. The number of likely N-dealkylation sites (tertiary alicyclic amines) is 1. The molecular formula is C14H22N2O4. The summed E-state index contributed by atoms with van der Waals surface area (Å²) in [5.41, 5.74) is 0. The Morgan fingerprint density at radius 3 is 2.20 bits per heavy atom. The van der Waals surface area contributed by atoms with Gasteiger partial charge < -0.3 is 20.0 Å². The Hall–Kier alpha value is -1.30. The van der Waals surface area contributed by atoms with E-state index in [1.54, 1.807) is 4.90 Å². The molecule has 2 bridgehead atoms. The number of hydrogen-bond acceptors (Lipinski definition) is 3. The molecule has 2 N–H and O–H groups in total. The third-order valence-corrected chi connectivity index (χ3v) is 5.13. The molecule has 20 heavy (non-hydrogen) atoms. The number of carbonyl (C=O) groups is 2. The number of amides is 2. The predicted molar refractivity (Wildman–Crippen MR) is 71.1 cm³/mol. The van der Waals surface area contributed by atoms with Gasteiger partial charge in [0.1, 0.15) is 0 Å². The van der Waals surface area contributed by atoms with Crippen LogP contribution >= 0.6 is 0 Å². The van der Waals surface area contributed by atoms with E-state index in [0.717, 1.165) is 12.8 Å². The largest absolute Gasteiger partial charge is 0.481 e. The van der Waals surface area contributed by atoms with Gasteiger partial charge in [0.25, 0.3) is 0 Å². The highest BCUT2D eigenvalue weighted by molar-refractivity contribution is 5.78. The number of urea groups is 1. The van der Waals surface area contributed by atoms with Gasteiger partial charge in [-0.2, -0.15) is 0 Å². The fourth-order valence-corrected chi connectivity index (χ4v) is 4.07. The number of rotatable bonds is 1. The number of nitrogens with zero attached hydrogens (tertiary/aromatic N) is 2. The van der Waals surface area contributed by atoms with Crippen molar-refractivity contribution in [2.75, 3.05) is 13.1 Å². The molecule has 0 aromatic heterocycles. The number of aliphatic carboxylic acids is 1. The van der Waals surface area contributed by atoms with Gasteiger partial charge in [0.15, 0.2) is 0 Å². The summed E-state index contributed by atoms with van der Waals surface area (Å²) in [6.45, 7) is 2.72. The SMILES string of the molecule is C[C@@H]1CN(C(=O)N2C3CCC2CC(O)C3)C[C@H]1C(=O)O. The lowest BCUT2D eigenvalue weighted by molar-refractivity contribution is -0.142. The zero-order chi connectivity index (χ0) is 14.4. The number of piperidine rings is 1. The van der Waals surface area contributed by atoms with Crippen LogP contribution in [-0.4, -0.2) is 63.3 Å². The Labute approximate surface area is 118 Å². The number of carboxylic acids is 1. The van der Waals surface area contributed by atoms with Crippen LogP contribution in [0.25, 0.3) is 0 Å². The number of aliphatic hydroxyl groups is 1. The molecule has 4 atom stereocenters. The number of carboxylic acid groups (broad SMARTS) is 1. The lowest BCUT2D eigenvalue weighted by atomic mass is 9.99. The van der Waals surface area contributed by atoms with Crippen LogP contribution in [-0.2, 0) is 4.79 Å². The third kappa shape index (κ3) is 2.16. The molecular weight excluding hydrogens is 260 g/mol. The zero-order valence-corrected chi connectivity index (χ0v) is 11.7. The molecule has 3 fully saturated rings. The van der Waals surface area contributed by atoms with Gasteiger partial charge in [-0.25, -0.2) is 4.79 Å². The molecule has 2 unspecified atom stereocenters. The van der Waals surface area contributed by atoms with Crippen molar-refractivity contribution in [3.05, 3.63) is 0 Å². The van der Waals surface area contributed by atoms with Crippen molar-refractivity contribution in [1.29, 1.82) is 0 Å². The second-order valence-electron chi connectivity index (χ2n) is 6.53. The van der Waals surface area contributed by atoms with Crippen molar-refractivity contribution in [3.8, 4) is 0 Å². The molecule has 0 radical (unpaired) electrons. The summed E-state index contributed by atoms with van der Waals surface area (Å²) < 4.78 is 0. The molecule has 6 heteroatoms. The van der Waals surface area contributed by atoms with Crippen LogP contribution in [0.2, 0.25) is 0 Å². The Morgan fingerprint density at radius 2 is 1.70 bits per heavy atom. The van der Waals surface area contributed by atoms with E-state index in [4.69, 9.17) is 5.11 Å². The van der Waals surface area contributed by atoms with E-state index >= 15 is 0 Å². The zero-order valence-electron chi connectivity index (χ0n) is 11.7. The standard InChI is InChI=1S/C14H22N2O4/c1-8-6-15(7-12(8)13(18)19)14(20)16-9-2-3-10(16)5-11(17)4-9/h8-12,17H,2-7H2,1H3,(H,18,19)/t8-,9?,10?,11?,12-/m1/s1. The van der Waals surface area contributed by atoms with Gasteiger partial charge in [0.2, 0.25) is 0 Å². The maximum atomic E-state index is 12.7. The average molecular weight is 282 g/mol. The van der Waals surface area contributed by atoms with E-state index in [-0.39, 0.29) is 30.1 Å². The molecule has 0 aromatic rings. The lowest BCUT2D eigenvalue weighted by Crippen LogP contribution is -2.52. The topological polar surface area (TPSA) is 81.1 Å². The van der Waals surface area contributed by atoms with Crippen LogP contribution in [0.4, 0.5) is 4.79 Å². The molecule has 0 aromatic carbocycles. The summed E-state index contributed by atoms with van der Waals surface area (Å²) in [6, 6.07) is 0.242. The summed E-state index contributed by atoms with van der Waals surface area (Å²) in [6.07, 6.45) is 2.95. The van der Waals surface area contributed by atoms with Crippen molar-refractivity contribution in [3.63, 3.8) is 0 Å². The van der Waals surface area contributed by atoms with Gasteiger partial charge in [-0.3, -0.25) is 4.79 Å². The fraction of sp³-hybridized carbons (Fsp3) is 0.857. The number of carbonyl (C=O) groups excluding carboxylic acids is 1. The van der Waals surface area contributed by atoms with Gasteiger partial charge in [-0.1, -0.05) is 6.92 Å². The Bertz CT molecular complexity index is 413. The van der Waals surface area contributed by atoms with Crippen molar-refractivity contribution in [2.24, 2.45) is 11.8 Å². The predicted octanol–water partition coefficient (Wildman–Crippen LogP) is 0.747. The number of fused-ring (bicyclic) bond motifs is 2. The molecule has 0 saturated carbocycles. The molecule has 3 saturated heterocycles. The van der Waals surface area contributed by atoms with Crippen LogP contribution in [0.15, 0.2) is 0 Å². The minimum Gasteiger partial charge on any atom is -0.481 e. The van der Waals surface area contributed by atoms with Crippen LogP contribution in [0.5, 0.6) is 0 Å². The minimum atomic E-state index is -0.815. The highest BCUT2D eigenvalue weighted by Crippen LogP contribution is 2.37. The first-order valence-electron chi connectivity index (χ1n) is 7.45. The van der Waals surface area contributed by atoms with Gasteiger partial charge >= 0.3 is 12.0 Å². The lowest BCUT2D eigenvalue weighted by Gasteiger charge is -2.39. The normalized spacial score (nSPS) is 40.2. The Kier molecular flexibility index (Phi) is 3.36. The summed E-state index contributed by atoms with van der Waals surface area (Å²) in [5, 5.41) is 18.9. The molecule has 112 valence electrons. The second-order valence-corrected chi connectivity index (χ2v) is 6.53. The van der Waals surface area contributed by atoms with E-state index in [1.807, 2.05) is 11.8 Å². The maximum absolute atomic E-state index is 12.7. The van der Waals surface area contributed by atoms with Crippen molar-refractivity contribution in [2.45, 2.75) is 50.8 Å². The third-order valence-electron chi connectivity index (χ3n) is 5.13. The van der Waals surface area contributed by atoms with E-state index in [0.29, 0.717) is 25.9 Å². The smallest absolute Gasteiger partial charge is 0.320 e. The van der Waals surface area contributed by atoms with E-state index in [1.165, 1.54) is 0 Å². The van der Waals surface area contributed by atoms with Crippen LogP contribution in [0.3, 0.4) is 0 Å². The first-order chi connectivity index (χ1) is 9.47. The van der Waals surface area contributed by atoms with Gasteiger partial charge in [0, 0.05) is 25.2 Å². The van der Waals surface area contributed by atoms with E-state index in [9.17, 15) is 14.7 Å². The maximum Gasteiger partial charge on any atom is 0.320 e. The van der Waals surface area contributed by atoms with Crippen molar-refractivity contribution >= 4 is 12.0 Å². The molecule has 2 amide bonds. The first-order valence-corrected chi connectivity index (χ1v) is 7.45. The highest BCUT2D eigenvalue weighted by atomic mass is 16.4. The summed E-state index contributed by atoms with van der Waals surface area (Å²) in [5.74, 6) is -1.26. The number of hydrogen-bond donors (Lipinski definition) is 2. The molecule has 0 aliphatic carbocycles. The Morgan fingerprint density at radius 1 is 1.10 bits per heavy atom. The molecule has 3 heterocycles. The van der Waals surface area contributed by atoms with E-state index < -0.39 is 11.9 Å².